The summed E-state index contributed by atoms with van der Waals surface area (Å²) in [5.74, 6) is 0.795. The highest BCUT2D eigenvalue weighted by Gasteiger charge is 2.17. The predicted octanol–water partition coefficient (Wildman–Crippen LogP) is 3.18. The van der Waals surface area contributed by atoms with E-state index in [2.05, 4.69) is 17.6 Å². The molecule has 0 saturated heterocycles. The molecule has 23 heavy (non-hydrogen) atoms. The first kappa shape index (κ1) is 15.6. The van der Waals surface area contributed by atoms with Crippen molar-refractivity contribution < 1.29 is 9.53 Å². The van der Waals surface area contributed by atoms with Gasteiger partial charge in [0.1, 0.15) is 5.75 Å². The maximum Gasteiger partial charge on any atom is 0.251 e. The molecule has 1 atom stereocenters. The molecule has 2 N–H and O–H groups in total. The van der Waals surface area contributed by atoms with E-state index in [0.29, 0.717) is 0 Å². The van der Waals surface area contributed by atoms with Gasteiger partial charge in [0.15, 0.2) is 0 Å². The molecule has 0 radical (unpaired) electrons. The molecule has 0 aliphatic carbocycles. The third-order valence-corrected chi connectivity index (χ3v) is 4.33. The van der Waals surface area contributed by atoms with Crippen molar-refractivity contribution in [3.63, 3.8) is 0 Å². The number of carbonyl (C=O) groups is 1. The quantitative estimate of drug-likeness (QED) is 0.892. The average molecular weight is 310 g/mol. The predicted molar refractivity (Wildman–Crippen MR) is 90.5 cm³/mol. The van der Waals surface area contributed by atoms with Crippen LogP contribution in [0.15, 0.2) is 42.5 Å². The van der Waals surface area contributed by atoms with Gasteiger partial charge in [0.25, 0.3) is 5.91 Å². The van der Waals surface area contributed by atoms with Gasteiger partial charge in [-0.25, -0.2) is 0 Å². The lowest BCUT2D eigenvalue weighted by molar-refractivity contribution is 0.0935. The van der Waals surface area contributed by atoms with Crippen molar-refractivity contribution in [2.75, 3.05) is 7.11 Å². The van der Waals surface area contributed by atoms with Crippen LogP contribution in [0, 0.1) is 0 Å². The van der Waals surface area contributed by atoms with Gasteiger partial charge in [-0.1, -0.05) is 25.1 Å². The standard InChI is InChI=1S/C19H22N2O2/c1-3-18(13-6-8-17(23-2)9-7-13)21-19(22)14-4-5-15-11-20-12-16(15)10-14/h4-10,18,20H,3,11-12H2,1-2H3,(H,21,22). The van der Waals surface area contributed by atoms with Gasteiger partial charge in [0, 0.05) is 18.7 Å². The zero-order valence-corrected chi connectivity index (χ0v) is 13.6. The summed E-state index contributed by atoms with van der Waals surface area (Å²) >= 11 is 0. The van der Waals surface area contributed by atoms with Crippen LogP contribution < -0.4 is 15.4 Å². The zero-order chi connectivity index (χ0) is 16.2. The Morgan fingerprint density at radius 2 is 1.91 bits per heavy atom. The molecule has 1 aliphatic rings. The van der Waals surface area contributed by atoms with E-state index in [1.54, 1.807) is 7.11 Å². The lowest BCUT2D eigenvalue weighted by Gasteiger charge is -2.18. The highest BCUT2D eigenvalue weighted by atomic mass is 16.5. The highest BCUT2D eigenvalue weighted by Crippen LogP contribution is 2.22. The van der Waals surface area contributed by atoms with Crippen LogP contribution in [0.5, 0.6) is 5.75 Å². The molecule has 0 aromatic heterocycles. The van der Waals surface area contributed by atoms with Crippen LogP contribution in [0.1, 0.15) is 46.4 Å². The van der Waals surface area contributed by atoms with Crippen molar-refractivity contribution >= 4 is 5.91 Å². The minimum Gasteiger partial charge on any atom is -0.497 e. The molecule has 1 aliphatic heterocycles. The molecule has 1 heterocycles. The van der Waals surface area contributed by atoms with Gasteiger partial charge in [-0.15, -0.1) is 0 Å². The largest absolute Gasteiger partial charge is 0.497 e. The van der Waals surface area contributed by atoms with Gasteiger partial charge >= 0.3 is 0 Å². The highest BCUT2D eigenvalue weighted by molar-refractivity contribution is 5.94. The van der Waals surface area contributed by atoms with E-state index in [4.69, 9.17) is 4.74 Å². The Labute approximate surface area is 136 Å². The summed E-state index contributed by atoms with van der Waals surface area (Å²) in [6.07, 6.45) is 0.838. The first-order valence-electron chi connectivity index (χ1n) is 7.98. The Morgan fingerprint density at radius 3 is 2.61 bits per heavy atom. The second-order valence-electron chi connectivity index (χ2n) is 5.79. The fourth-order valence-electron chi connectivity index (χ4n) is 2.93. The number of amides is 1. The molecule has 4 nitrogen and oxygen atoms in total. The minimum atomic E-state index is -0.0256. The fourth-order valence-corrected chi connectivity index (χ4v) is 2.93. The number of methoxy groups -OCH3 is 1. The van der Waals surface area contributed by atoms with Crippen molar-refractivity contribution in [2.24, 2.45) is 0 Å². The summed E-state index contributed by atoms with van der Waals surface area (Å²) in [6.45, 7) is 3.80. The third-order valence-electron chi connectivity index (χ3n) is 4.33. The number of nitrogens with one attached hydrogen (secondary N) is 2. The third kappa shape index (κ3) is 3.37. The van der Waals surface area contributed by atoms with Crippen LogP contribution in [0.25, 0.3) is 0 Å². The van der Waals surface area contributed by atoms with Crippen LogP contribution in [0.4, 0.5) is 0 Å². The Kier molecular flexibility index (Phi) is 4.63. The summed E-state index contributed by atoms with van der Waals surface area (Å²) in [4.78, 5) is 12.6. The average Bonchev–Trinajstić information content (AvgIpc) is 3.07. The number of rotatable bonds is 5. The molecule has 2 aromatic carbocycles. The summed E-state index contributed by atoms with van der Waals surface area (Å²) in [7, 11) is 1.65. The van der Waals surface area contributed by atoms with E-state index < -0.39 is 0 Å². The number of hydrogen-bond donors (Lipinski definition) is 2. The lowest BCUT2D eigenvalue weighted by atomic mass is 10.0. The topological polar surface area (TPSA) is 50.4 Å². The van der Waals surface area contributed by atoms with Crippen LogP contribution in [0.3, 0.4) is 0 Å². The molecular formula is C19H22N2O2. The van der Waals surface area contributed by atoms with Crippen LogP contribution in [-0.2, 0) is 13.1 Å². The van der Waals surface area contributed by atoms with E-state index >= 15 is 0 Å². The Bertz CT molecular complexity index is 695. The maximum atomic E-state index is 12.6. The molecular weight excluding hydrogens is 288 g/mol. The molecule has 1 unspecified atom stereocenters. The van der Waals surface area contributed by atoms with Gasteiger partial charge in [0.2, 0.25) is 0 Å². The van der Waals surface area contributed by atoms with Crippen LogP contribution in [-0.4, -0.2) is 13.0 Å². The minimum absolute atomic E-state index is 0.000198. The van der Waals surface area contributed by atoms with Crippen molar-refractivity contribution in [1.29, 1.82) is 0 Å². The number of fused-ring (bicyclic) bond motifs is 1. The van der Waals surface area contributed by atoms with Crippen LogP contribution in [0.2, 0.25) is 0 Å². The molecule has 0 saturated carbocycles. The molecule has 0 bridgehead atoms. The molecule has 3 rings (SSSR count). The fraction of sp³-hybridized carbons (Fsp3) is 0.316. The van der Waals surface area contributed by atoms with E-state index in [1.807, 2.05) is 42.5 Å². The lowest BCUT2D eigenvalue weighted by Crippen LogP contribution is -2.28. The zero-order valence-electron chi connectivity index (χ0n) is 13.6. The SMILES string of the molecule is CCC(NC(=O)c1ccc2c(c1)CNC2)c1ccc(OC)cc1. The molecule has 4 heteroatoms. The molecule has 1 amide bonds. The monoisotopic (exact) mass is 310 g/mol. The van der Waals surface area contributed by atoms with Crippen molar-refractivity contribution in [2.45, 2.75) is 32.5 Å². The van der Waals surface area contributed by atoms with Gasteiger partial charge in [0.05, 0.1) is 13.2 Å². The molecule has 0 fully saturated rings. The van der Waals surface area contributed by atoms with E-state index in [-0.39, 0.29) is 11.9 Å². The Morgan fingerprint density at radius 1 is 1.17 bits per heavy atom. The Balaban J connectivity index is 1.74. The second kappa shape index (κ2) is 6.84. The molecule has 0 spiro atoms. The van der Waals surface area contributed by atoms with Crippen molar-refractivity contribution in [1.82, 2.24) is 10.6 Å². The van der Waals surface area contributed by atoms with Gasteiger partial charge in [-0.05, 0) is 47.4 Å². The summed E-state index contributed by atoms with van der Waals surface area (Å²) in [5, 5.41) is 6.43. The van der Waals surface area contributed by atoms with E-state index in [1.165, 1.54) is 11.1 Å². The number of carbonyl (C=O) groups excluding carboxylic acids is 1. The smallest absolute Gasteiger partial charge is 0.251 e. The Hall–Kier alpha value is -2.33. The maximum absolute atomic E-state index is 12.6. The van der Waals surface area contributed by atoms with Crippen LogP contribution >= 0.6 is 0 Å². The second-order valence-corrected chi connectivity index (χ2v) is 5.79. The first-order chi connectivity index (χ1) is 11.2. The molecule has 2 aromatic rings. The molecule has 120 valence electrons. The van der Waals surface area contributed by atoms with E-state index in [0.717, 1.165) is 36.4 Å². The number of hydrogen-bond acceptors (Lipinski definition) is 3. The first-order valence-corrected chi connectivity index (χ1v) is 7.98. The number of ether oxygens (including phenoxy) is 1. The number of benzene rings is 2. The van der Waals surface area contributed by atoms with Crippen molar-refractivity contribution in [3.05, 3.63) is 64.7 Å². The summed E-state index contributed by atoms with van der Waals surface area (Å²) in [5.41, 5.74) is 4.31. The van der Waals surface area contributed by atoms with Gasteiger partial charge < -0.3 is 15.4 Å². The van der Waals surface area contributed by atoms with Gasteiger partial charge in [-0.2, -0.15) is 0 Å². The van der Waals surface area contributed by atoms with Gasteiger partial charge in [-0.3, -0.25) is 4.79 Å². The summed E-state index contributed by atoms with van der Waals surface area (Å²) in [6, 6.07) is 13.8. The van der Waals surface area contributed by atoms with E-state index in [9.17, 15) is 4.79 Å². The summed E-state index contributed by atoms with van der Waals surface area (Å²) < 4.78 is 5.18. The normalized spacial score (nSPS) is 14.2. The van der Waals surface area contributed by atoms with Crippen molar-refractivity contribution in [3.8, 4) is 5.75 Å².